The van der Waals surface area contributed by atoms with Gasteiger partial charge >= 0.3 is 0 Å². The maximum atomic E-state index is 9.91. The van der Waals surface area contributed by atoms with Gasteiger partial charge in [-0.2, -0.15) is 0 Å². The Morgan fingerprint density at radius 2 is 1.89 bits per heavy atom. The molecule has 1 aromatic heterocycles. The first-order valence-corrected chi connectivity index (χ1v) is 6.91. The van der Waals surface area contributed by atoms with Crippen LogP contribution in [0, 0.1) is 11.8 Å². The van der Waals surface area contributed by atoms with E-state index in [1.165, 1.54) is 31.4 Å². The van der Waals surface area contributed by atoms with E-state index in [-0.39, 0.29) is 0 Å². The number of phenols is 1. The molecule has 92 valence electrons. The minimum atomic E-state index is 0.304. The number of aromatic nitrogens is 1. The molecule has 2 nitrogen and oxygen atoms in total. The Bertz CT molecular complexity index is 593. The highest BCUT2D eigenvalue weighted by Gasteiger charge is 2.44. The van der Waals surface area contributed by atoms with Crippen molar-refractivity contribution in [3.63, 3.8) is 0 Å². The number of rotatable bonds is 1. The number of pyridine rings is 1. The molecule has 2 atom stereocenters. The Morgan fingerprint density at radius 1 is 1.06 bits per heavy atom. The Kier molecular flexibility index (Phi) is 2.14. The second-order valence-electron chi connectivity index (χ2n) is 5.80. The maximum Gasteiger partial charge on any atom is 0.141 e. The number of para-hydroxylation sites is 1. The summed E-state index contributed by atoms with van der Waals surface area (Å²) >= 11 is 0. The number of hydrogen-bond donors (Lipinski definition) is 1. The van der Waals surface area contributed by atoms with Gasteiger partial charge in [0.2, 0.25) is 0 Å². The first-order valence-electron chi connectivity index (χ1n) is 6.91. The lowest BCUT2D eigenvalue weighted by atomic mass is 9.56. The molecule has 2 fully saturated rings. The van der Waals surface area contributed by atoms with Gasteiger partial charge < -0.3 is 5.11 Å². The van der Waals surface area contributed by atoms with Crippen molar-refractivity contribution >= 4 is 10.9 Å². The number of phenolic OH excluding ortho intramolecular Hbond substituents is 1. The van der Waals surface area contributed by atoms with E-state index in [1.807, 2.05) is 12.1 Å². The predicted octanol–water partition coefficient (Wildman–Crippen LogP) is 3.84. The highest BCUT2D eigenvalue weighted by Crippen LogP contribution is 2.55. The molecule has 2 heteroatoms. The molecule has 2 saturated carbocycles. The zero-order valence-electron chi connectivity index (χ0n) is 10.3. The minimum absolute atomic E-state index is 0.304. The van der Waals surface area contributed by atoms with Crippen molar-refractivity contribution in [2.75, 3.05) is 0 Å². The molecule has 0 aliphatic heterocycles. The van der Waals surface area contributed by atoms with E-state index >= 15 is 0 Å². The number of hydrogen-bond acceptors (Lipinski definition) is 2. The van der Waals surface area contributed by atoms with Crippen LogP contribution in [0.25, 0.3) is 10.9 Å². The summed E-state index contributed by atoms with van der Waals surface area (Å²) in [5, 5.41) is 10.9. The van der Waals surface area contributed by atoms with E-state index in [2.05, 4.69) is 12.1 Å². The molecule has 2 aliphatic rings. The Hall–Kier alpha value is -1.57. The number of fused-ring (bicyclic) bond motifs is 3. The van der Waals surface area contributed by atoms with Gasteiger partial charge in [-0.05, 0) is 43.2 Å². The van der Waals surface area contributed by atoms with Gasteiger partial charge in [-0.15, -0.1) is 0 Å². The van der Waals surface area contributed by atoms with E-state index in [9.17, 15) is 5.11 Å². The summed E-state index contributed by atoms with van der Waals surface area (Å²) in [5.74, 6) is 2.65. The van der Waals surface area contributed by atoms with Crippen molar-refractivity contribution in [1.82, 2.24) is 4.98 Å². The van der Waals surface area contributed by atoms with E-state index in [4.69, 9.17) is 4.98 Å². The third-order valence-electron chi connectivity index (χ3n) is 4.83. The summed E-state index contributed by atoms with van der Waals surface area (Å²) in [5.41, 5.74) is 1.96. The molecular weight excluding hydrogens is 222 g/mol. The number of aromatic hydroxyl groups is 1. The van der Waals surface area contributed by atoms with Gasteiger partial charge in [0.25, 0.3) is 0 Å². The fourth-order valence-corrected chi connectivity index (χ4v) is 3.92. The molecule has 4 rings (SSSR count). The molecule has 1 heterocycles. The van der Waals surface area contributed by atoms with Crippen molar-refractivity contribution in [2.45, 2.75) is 31.6 Å². The molecule has 1 aromatic carbocycles. The SMILES string of the molecule is Oc1cccc2ccc(C3C4CCCC3C4)nc12. The largest absolute Gasteiger partial charge is 0.506 e. The molecule has 0 saturated heterocycles. The summed E-state index contributed by atoms with van der Waals surface area (Å²) in [6, 6.07) is 9.87. The second-order valence-corrected chi connectivity index (χ2v) is 5.80. The monoisotopic (exact) mass is 239 g/mol. The van der Waals surface area contributed by atoms with Crippen molar-refractivity contribution in [2.24, 2.45) is 11.8 Å². The van der Waals surface area contributed by atoms with Crippen LogP contribution >= 0.6 is 0 Å². The number of benzene rings is 1. The molecule has 2 unspecified atom stereocenters. The molecule has 2 aromatic rings. The average Bonchev–Trinajstić information content (AvgIpc) is 2.40. The van der Waals surface area contributed by atoms with Crippen molar-refractivity contribution in [3.05, 3.63) is 36.0 Å². The molecular formula is C16H17NO. The second kappa shape index (κ2) is 3.71. The standard InChI is InChI=1S/C16H17NO/c18-14-6-2-3-10-7-8-13(17-16(10)14)15-11-4-1-5-12(15)9-11/h2-3,6-8,11-12,15,18H,1,4-5,9H2. The molecule has 2 aliphatic carbocycles. The van der Waals surface area contributed by atoms with Crippen LogP contribution in [-0.4, -0.2) is 10.1 Å². The fraction of sp³-hybridized carbons (Fsp3) is 0.438. The van der Waals surface area contributed by atoms with Gasteiger partial charge in [-0.3, -0.25) is 0 Å². The van der Waals surface area contributed by atoms with Crippen LogP contribution in [0.15, 0.2) is 30.3 Å². The van der Waals surface area contributed by atoms with Crippen LogP contribution in [0.4, 0.5) is 0 Å². The molecule has 2 bridgehead atoms. The van der Waals surface area contributed by atoms with Crippen LogP contribution in [-0.2, 0) is 0 Å². The highest BCUT2D eigenvalue weighted by atomic mass is 16.3. The fourth-order valence-electron chi connectivity index (χ4n) is 3.92. The lowest BCUT2D eigenvalue weighted by molar-refractivity contribution is 0.0699. The maximum absolute atomic E-state index is 9.91. The predicted molar refractivity (Wildman–Crippen MR) is 71.6 cm³/mol. The van der Waals surface area contributed by atoms with E-state index in [1.54, 1.807) is 6.07 Å². The van der Waals surface area contributed by atoms with Crippen LogP contribution in [0.5, 0.6) is 5.75 Å². The van der Waals surface area contributed by atoms with Crippen molar-refractivity contribution in [1.29, 1.82) is 0 Å². The topological polar surface area (TPSA) is 33.1 Å². The average molecular weight is 239 g/mol. The zero-order chi connectivity index (χ0) is 12.1. The van der Waals surface area contributed by atoms with E-state index in [0.29, 0.717) is 11.7 Å². The van der Waals surface area contributed by atoms with Crippen LogP contribution in [0.1, 0.15) is 37.3 Å². The van der Waals surface area contributed by atoms with E-state index < -0.39 is 0 Å². The van der Waals surface area contributed by atoms with Crippen LogP contribution in [0.2, 0.25) is 0 Å². The molecule has 0 amide bonds. The van der Waals surface area contributed by atoms with Gasteiger partial charge in [0.1, 0.15) is 11.3 Å². The third-order valence-corrected chi connectivity index (χ3v) is 4.83. The summed E-state index contributed by atoms with van der Waals surface area (Å²) in [6.45, 7) is 0. The summed E-state index contributed by atoms with van der Waals surface area (Å²) < 4.78 is 0. The molecule has 18 heavy (non-hydrogen) atoms. The Labute approximate surface area is 107 Å². The Balaban J connectivity index is 1.80. The van der Waals surface area contributed by atoms with Crippen LogP contribution in [0.3, 0.4) is 0 Å². The van der Waals surface area contributed by atoms with Gasteiger partial charge in [0.15, 0.2) is 0 Å². The highest BCUT2D eigenvalue weighted by molar-refractivity contribution is 5.84. The van der Waals surface area contributed by atoms with Gasteiger partial charge in [-0.25, -0.2) is 4.98 Å². The normalized spacial score (nSPS) is 30.1. The Morgan fingerprint density at radius 3 is 2.67 bits per heavy atom. The molecule has 0 radical (unpaired) electrons. The lowest BCUT2D eigenvalue weighted by Gasteiger charge is -2.49. The van der Waals surface area contributed by atoms with Gasteiger partial charge in [0, 0.05) is 17.0 Å². The number of nitrogens with zero attached hydrogens (tertiary/aromatic N) is 1. The first-order chi connectivity index (χ1) is 8.83. The van der Waals surface area contributed by atoms with Crippen molar-refractivity contribution < 1.29 is 5.11 Å². The summed E-state index contributed by atoms with van der Waals surface area (Å²) in [6.07, 6.45) is 5.51. The van der Waals surface area contributed by atoms with E-state index in [0.717, 1.165) is 22.7 Å². The summed E-state index contributed by atoms with van der Waals surface area (Å²) in [7, 11) is 0. The third kappa shape index (κ3) is 1.38. The van der Waals surface area contributed by atoms with Crippen molar-refractivity contribution in [3.8, 4) is 5.75 Å². The quantitative estimate of drug-likeness (QED) is 0.820. The molecule has 0 spiro atoms. The van der Waals surface area contributed by atoms with Gasteiger partial charge in [-0.1, -0.05) is 24.6 Å². The smallest absolute Gasteiger partial charge is 0.141 e. The zero-order valence-corrected chi connectivity index (χ0v) is 10.3. The summed E-state index contributed by atoms with van der Waals surface area (Å²) in [4.78, 5) is 4.73. The lowest BCUT2D eigenvalue weighted by Crippen LogP contribution is -2.38. The van der Waals surface area contributed by atoms with Gasteiger partial charge in [0.05, 0.1) is 0 Å². The molecule has 1 N–H and O–H groups in total. The first kappa shape index (κ1) is 10.4. The van der Waals surface area contributed by atoms with Crippen LogP contribution < -0.4 is 0 Å². The minimum Gasteiger partial charge on any atom is -0.506 e.